The van der Waals surface area contributed by atoms with Crippen LogP contribution in [-0.4, -0.2) is 44.1 Å². The van der Waals surface area contributed by atoms with E-state index in [1.165, 1.54) is 4.90 Å². The standard InChI is InChI=1S/C21H21N5O3S/c1-4-30(28,29)15-11-9-14(10-12-15)23-21-22-13-18-19(24-21)25(2)17-8-6-5-7-16(17)20(27)26(18)3/h5-13H,4H2,1-3H3,(H,22,23,24). The third-order valence-electron chi connectivity index (χ3n) is 5.08. The van der Waals surface area contributed by atoms with Crippen LogP contribution in [0.25, 0.3) is 0 Å². The minimum absolute atomic E-state index is 0.0494. The Morgan fingerprint density at radius 3 is 2.37 bits per heavy atom. The second kappa shape index (κ2) is 7.42. The fraction of sp³-hybridized carbons (Fsp3) is 0.190. The topological polar surface area (TPSA) is 95.5 Å². The largest absolute Gasteiger partial charge is 0.327 e. The number of hydrogen-bond donors (Lipinski definition) is 1. The summed E-state index contributed by atoms with van der Waals surface area (Å²) in [7, 11) is 0.293. The van der Waals surface area contributed by atoms with Crippen molar-refractivity contribution in [1.82, 2.24) is 9.97 Å². The van der Waals surface area contributed by atoms with E-state index in [4.69, 9.17) is 0 Å². The second-order valence-corrected chi connectivity index (χ2v) is 9.17. The molecule has 1 aromatic heterocycles. The lowest BCUT2D eigenvalue weighted by Gasteiger charge is -2.21. The summed E-state index contributed by atoms with van der Waals surface area (Å²) in [6.07, 6.45) is 1.60. The molecule has 1 N–H and O–H groups in total. The molecule has 0 unspecified atom stereocenters. The Balaban J connectivity index is 1.69. The summed E-state index contributed by atoms with van der Waals surface area (Å²) in [4.78, 5) is 25.5. The van der Waals surface area contributed by atoms with Crippen LogP contribution in [-0.2, 0) is 9.84 Å². The van der Waals surface area contributed by atoms with Gasteiger partial charge in [0.2, 0.25) is 5.95 Å². The van der Waals surface area contributed by atoms with Gasteiger partial charge in [-0.05, 0) is 36.4 Å². The molecule has 0 aliphatic carbocycles. The van der Waals surface area contributed by atoms with Crippen LogP contribution in [0.3, 0.4) is 0 Å². The molecule has 30 heavy (non-hydrogen) atoms. The van der Waals surface area contributed by atoms with E-state index in [0.717, 1.165) is 5.69 Å². The van der Waals surface area contributed by atoms with Gasteiger partial charge in [-0.3, -0.25) is 4.79 Å². The van der Waals surface area contributed by atoms with Gasteiger partial charge in [-0.15, -0.1) is 0 Å². The zero-order valence-corrected chi connectivity index (χ0v) is 17.6. The molecule has 0 spiro atoms. The molecule has 4 rings (SSSR count). The molecule has 8 nitrogen and oxygen atoms in total. The summed E-state index contributed by atoms with van der Waals surface area (Å²) in [6, 6.07) is 13.8. The molecule has 0 fully saturated rings. The van der Waals surface area contributed by atoms with Crippen LogP contribution < -0.4 is 15.1 Å². The van der Waals surface area contributed by atoms with E-state index in [2.05, 4.69) is 15.3 Å². The van der Waals surface area contributed by atoms with Gasteiger partial charge in [-0.25, -0.2) is 13.4 Å². The van der Waals surface area contributed by atoms with E-state index < -0.39 is 9.84 Å². The van der Waals surface area contributed by atoms with Gasteiger partial charge in [0.15, 0.2) is 15.7 Å². The van der Waals surface area contributed by atoms with E-state index in [-0.39, 0.29) is 16.6 Å². The Morgan fingerprint density at radius 2 is 1.67 bits per heavy atom. The van der Waals surface area contributed by atoms with Gasteiger partial charge in [0.05, 0.1) is 28.1 Å². The third-order valence-corrected chi connectivity index (χ3v) is 6.83. The zero-order valence-electron chi connectivity index (χ0n) is 16.8. The highest BCUT2D eigenvalue weighted by Crippen LogP contribution is 2.37. The number of nitrogens with one attached hydrogen (secondary N) is 1. The molecule has 0 saturated carbocycles. The monoisotopic (exact) mass is 423 g/mol. The van der Waals surface area contributed by atoms with Gasteiger partial charge in [0.1, 0.15) is 5.69 Å². The summed E-state index contributed by atoms with van der Waals surface area (Å²) >= 11 is 0. The van der Waals surface area contributed by atoms with Crippen LogP contribution in [0.1, 0.15) is 17.3 Å². The van der Waals surface area contributed by atoms with Crippen LogP contribution in [0.15, 0.2) is 59.6 Å². The summed E-state index contributed by atoms with van der Waals surface area (Å²) < 4.78 is 23.9. The lowest BCUT2D eigenvalue weighted by atomic mass is 10.1. The lowest BCUT2D eigenvalue weighted by molar-refractivity contribution is 0.0994. The van der Waals surface area contributed by atoms with Crippen molar-refractivity contribution >= 4 is 44.6 Å². The highest BCUT2D eigenvalue weighted by molar-refractivity contribution is 7.91. The van der Waals surface area contributed by atoms with Gasteiger partial charge < -0.3 is 15.1 Å². The number of rotatable bonds is 4. The van der Waals surface area contributed by atoms with Gasteiger partial charge in [0, 0.05) is 19.8 Å². The maximum atomic E-state index is 12.8. The molecule has 1 aliphatic heterocycles. The van der Waals surface area contributed by atoms with E-state index in [1.54, 1.807) is 50.5 Å². The predicted octanol–water partition coefficient (Wildman–Crippen LogP) is 3.37. The first-order valence-electron chi connectivity index (χ1n) is 9.39. The van der Waals surface area contributed by atoms with Crippen LogP contribution >= 0.6 is 0 Å². The molecule has 2 heterocycles. The van der Waals surface area contributed by atoms with Crippen molar-refractivity contribution in [3.63, 3.8) is 0 Å². The Labute approximate surface area is 175 Å². The molecule has 9 heteroatoms. The number of aromatic nitrogens is 2. The van der Waals surface area contributed by atoms with Crippen LogP contribution in [0, 0.1) is 0 Å². The number of anilines is 5. The van der Waals surface area contributed by atoms with E-state index in [9.17, 15) is 13.2 Å². The van der Waals surface area contributed by atoms with Crippen molar-refractivity contribution in [1.29, 1.82) is 0 Å². The third kappa shape index (κ3) is 3.37. The number of sulfone groups is 1. The number of benzene rings is 2. The minimum atomic E-state index is -3.25. The van der Waals surface area contributed by atoms with E-state index >= 15 is 0 Å². The maximum Gasteiger partial charge on any atom is 0.260 e. The number of amides is 1. The quantitative estimate of drug-likeness (QED) is 0.687. The van der Waals surface area contributed by atoms with Crippen molar-refractivity contribution in [3.05, 3.63) is 60.3 Å². The molecule has 0 bridgehead atoms. The van der Waals surface area contributed by atoms with Crippen molar-refractivity contribution in [2.45, 2.75) is 11.8 Å². The number of nitrogens with zero attached hydrogens (tertiary/aromatic N) is 4. The molecule has 1 amide bonds. The van der Waals surface area contributed by atoms with Crippen molar-refractivity contribution in [3.8, 4) is 0 Å². The molecule has 0 atom stereocenters. The fourth-order valence-corrected chi connectivity index (χ4v) is 4.19. The first-order chi connectivity index (χ1) is 14.3. The Bertz CT molecular complexity index is 1230. The molecular weight excluding hydrogens is 402 g/mol. The first-order valence-corrected chi connectivity index (χ1v) is 11.0. The van der Waals surface area contributed by atoms with Crippen LogP contribution in [0.4, 0.5) is 28.8 Å². The predicted molar refractivity (Wildman–Crippen MR) is 117 cm³/mol. The first kappa shape index (κ1) is 19.8. The molecule has 2 aromatic carbocycles. The zero-order chi connectivity index (χ0) is 21.5. The van der Waals surface area contributed by atoms with Crippen molar-refractivity contribution in [2.75, 3.05) is 35.0 Å². The number of carbonyl (C=O) groups is 1. The summed E-state index contributed by atoms with van der Waals surface area (Å²) in [6.45, 7) is 1.61. The van der Waals surface area contributed by atoms with Crippen LogP contribution in [0.2, 0.25) is 0 Å². The van der Waals surface area contributed by atoms with Crippen molar-refractivity contribution < 1.29 is 13.2 Å². The van der Waals surface area contributed by atoms with Gasteiger partial charge in [-0.2, -0.15) is 4.98 Å². The normalized spacial score (nSPS) is 13.5. The smallest absolute Gasteiger partial charge is 0.260 e. The maximum absolute atomic E-state index is 12.8. The minimum Gasteiger partial charge on any atom is -0.327 e. The number of para-hydroxylation sites is 1. The molecule has 0 saturated heterocycles. The lowest BCUT2D eigenvalue weighted by Crippen LogP contribution is -2.25. The van der Waals surface area contributed by atoms with Crippen LogP contribution in [0.5, 0.6) is 0 Å². The molecule has 3 aromatic rings. The fourth-order valence-electron chi connectivity index (χ4n) is 3.30. The van der Waals surface area contributed by atoms with Crippen molar-refractivity contribution in [2.24, 2.45) is 0 Å². The van der Waals surface area contributed by atoms with E-state index in [0.29, 0.717) is 28.7 Å². The highest BCUT2D eigenvalue weighted by Gasteiger charge is 2.28. The van der Waals surface area contributed by atoms with E-state index in [1.807, 2.05) is 30.1 Å². The van der Waals surface area contributed by atoms with Gasteiger partial charge in [-0.1, -0.05) is 19.1 Å². The molecule has 1 aliphatic rings. The summed E-state index contributed by atoms with van der Waals surface area (Å²) in [5.41, 5.74) is 2.59. The van der Waals surface area contributed by atoms with Gasteiger partial charge >= 0.3 is 0 Å². The molecular formula is C21H21N5O3S. The molecule has 0 radical (unpaired) electrons. The number of fused-ring (bicyclic) bond motifs is 2. The SMILES string of the molecule is CCS(=O)(=O)c1ccc(Nc2ncc3c(n2)N(C)c2ccccc2C(=O)N3C)cc1. The Morgan fingerprint density at radius 1 is 0.967 bits per heavy atom. The average Bonchev–Trinajstić information content (AvgIpc) is 2.84. The second-order valence-electron chi connectivity index (χ2n) is 6.90. The molecule has 154 valence electrons. The Kier molecular flexibility index (Phi) is 4.90. The average molecular weight is 423 g/mol. The Hall–Kier alpha value is -3.46. The highest BCUT2D eigenvalue weighted by atomic mass is 32.2. The summed E-state index contributed by atoms with van der Waals surface area (Å²) in [5.74, 6) is 0.840. The van der Waals surface area contributed by atoms with Gasteiger partial charge in [0.25, 0.3) is 5.91 Å². The number of carbonyl (C=O) groups excluding carboxylic acids is 1. The summed E-state index contributed by atoms with van der Waals surface area (Å²) in [5, 5.41) is 3.09. The number of hydrogen-bond acceptors (Lipinski definition) is 7.